The number of rotatable bonds is 6. The van der Waals surface area contributed by atoms with E-state index in [0.717, 1.165) is 30.6 Å². The number of benzene rings is 1. The molecule has 94 valence electrons. The maximum Gasteiger partial charge on any atom is 0.0762 e. The van der Waals surface area contributed by atoms with Gasteiger partial charge in [-0.05, 0) is 37.5 Å². The highest BCUT2D eigenvalue weighted by atomic mass is 35.5. The normalized spacial score (nSPS) is 12.2. The summed E-state index contributed by atoms with van der Waals surface area (Å²) in [6.07, 6.45) is 3.52. The van der Waals surface area contributed by atoms with E-state index in [1.165, 1.54) is 0 Å². The molecule has 0 aliphatic heterocycles. The van der Waals surface area contributed by atoms with Gasteiger partial charge in [0.2, 0.25) is 0 Å². The highest BCUT2D eigenvalue weighted by molar-refractivity contribution is 6.33. The molecule has 1 rings (SSSR count). The molecule has 0 saturated heterocycles. The molecule has 0 amide bonds. The molecule has 0 saturated carbocycles. The number of hydrogen-bond donors (Lipinski definition) is 1. The Kier molecular flexibility index (Phi) is 5.52. The molecule has 0 aliphatic rings. The van der Waals surface area contributed by atoms with Crippen molar-refractivity contribution in [3.8, 4) is 0 Å². The predicted molar refractivity (Wildman–Crippen MR) is 74.8 cm³/mol. The van der Waals surface area contributed by atoms with E-state index in [2.05, 4.69) is 11.5 Å². The Hall–Kier alpha value is -0.990. The Bertz CT molecular complexity index is 376. The molecule has 0 spiro atoms. The van der Waals surface area contributed by atoms with Gasteiger partial charge in [-0.3, -0.25) is 0 Å². The van der Waals surface area contributed by atoms with Crippen LogP contribution in [0.5, 0.6) is 0 Å². The first kappa shape index (κ1) is 14.1. The molecule has 1 N–H and O–H groups in total. The van der Waals surface area contributed by atoms with Crippen molar-refractivity contribution in [1.29, 1.82) is 0 Å². The van der Waals surface area contributed by atoms with E-state index < -0.39 is 6.10 Å². The molecular weight excluding hydrogens is 234 g/mol. The van der Waals surface area contributed by atoms with Crippen molar-refractivity contribution in [3.63, 3.8) is 0 Å². The molecule has 1 aromatic rings. The summed E-state index contributed by atoms with van der Waals surface area (Å²) in [5.74, 6) is 0. The molecule has 17 heavy (non-hydrogen) atoms. The van der Waals surface area contributed by atoms with E-state index in [4.69, 9.17) is 11.6 Å². The molecule has 0 radical (unpaired) electrons. The van der Waals surface area contributed by atoms with E-state index in [9.17, 15) is 5.11 Å². The third-order valence-electron chi connectivity index (χ3n) is 2.77. The number of allylic oxidation sites excluding steroid dienone is 1. The summed E-state index contributed by atoms with van der Waals surface area (Å²) in [7, 11) is 2.02. The van der Waals surface area contributed by atoms with Gasteiger partial charge in [0, 0.05) is 13.6 Å². The van der Waals surface area contributed by atoms with Crippen LogP contribution in [-0.2, 0) is 0 Å². The number of unbranched alkanes of at least 4 members (excludes halogenated alkanes) is 1. The quantitative estimate of drug-likeness (QED) is 0.616. The maximum atomic E-state index is 9.47. The first-order valence-electron chi connectivity index (χ1n) is 5.85. The van der Waals surface area contributed by atoms with Crippen LogP contribution in [0.15, 0.2) is 30.9 Å². The summed E-state index contributed by atoms with van der Waals surface area (Å²) < 4.78 is 0. The highest BCUT2D eigenvalue weighted by Gasteiger charge is 2.08. The Morgan fingerprint density at radius 3 is 2.76 bits per heavy atom. The number of aliphatic hydroxyl groups is 1. The maximum absolute atomic E-state index is 9.47. The third kappa shape index (κ3) is 4.06. The monoisotopic (exact) mass is 253 g/mol. The molecule has 3 heteroatoms. The van der Waals surface area contributed by atoms with Gasteiger partial charge in [-0.25, -0.2) is 0 Å². The van der Waals surface area contributed by atoms with Crippen LogP contribution in [0.2, 0.25) is 5.02 Å². The zero-order valence-corrected chi connectivity index (χ0v) is 11.2. The van der Waals surface area contributed by atoms with Crippen LogP contribution in [0.4, 0.5) is 5.69 Å². The van der Waals surface area contributed by atoms with Crippen molar-refractivity contribution in [2.75, 3.05) is 18.5 Å². The second kappa shape index (κ2) is 6.67. The molecule has 2 nitrogen and oxygen atoms in total. The smallest absolute Gasteiger partial charge is 0.0762 e. The molecule has 1 aromatic carbocycles. The van der Waals surface area contributed by atoms with Gasteiger partial charge in [-0.1, -0.05) is 23.7 Å². The van der Waals surface area contributed by atoms with Crippen molar-refractivity contribution in [2.45, 2.75) is 25.9 Å². The lowest BCUT2D eigenvalue weighted by Crippen LogP contribution is -2.18. The van der Waals surface area contributed by atoms with Gasteiger partial charge in [0.25, 0.3) is 0 Å². The summed E-state index contributed by atoms with van der Waals surface area (Å²) in [4.78, 5) is 2.12. The van der Waals surface area contributed by atoms with Crippen LogP contribution in [0.25, 0.3) is 0 Å². The molecule has 1 atom stereocenters. The van der Waals surface area contributed by atoms with Crippen molar-refractivity contribution in [2.24, 2.45) is 0 Å². The lowest BCUT2D eigenvalue weighted by atomic mass is 10.1. The largest absolute Gasteiger partial charge is 0.389 e. The van der Waals surface area contributed by atoms with Gasteiger partial charge in [0.15, 0.2) is 0 Å². The fourth-order valence-corrected chi connectivity index (χ4v) is 2.02. The molecule has 0 unspecified atom stereocenters. The Balaban J connectivity index is 2.73. The number of anilines is 1. The molecule has 0 aliphatic carbocycles. The minimum absolute atomic E-state index is 0.479. The van der Waals surface area contributed by atoms with E-state index in [1.807, 2.05) is 31.3 Å². The average Bonchev–Trinajstić information content (AvgIpc) is 2.28. The van der Waals surface area contributed by atoms with Gasteiger partial charge in [-0.15, -0.1) is 6.58 Å². The topological polar surface area (TPSA) is 23.5 Å². The Labute approximate surface area is 109 Å². The molecular formula is C14H20ClNO. The lowest BCUT2D eigenvalue weighted by Gasteiger charge is -2.21. The summed E-state index contributed by atoms with van der Waals surface area (Å²) in [5, 5.41) is 10.2. The second-order valence-corrected chi connectivity index (χ2v) is 4.65. The summed E-state index contributed by atoms with van der Waals surface area (Å²) in [6.45, 7) is 6.39. The van der Waals surface area contributed by atoms with Crippen LogP contribution in [0.1, 0.15) is 31.4 Å². The zero-order valence-electron chi connectivity index (χ0n) is 10.5. The zero-order chi connectivity index (χ0) is 12.8. The van der Waals surface area contributed by atoms with Gasteiger partial charge in [0.1, 0.15) is 0 Å². The van der Waals surface area contributed by atoms with Crippen molar-refractivity contribution in [3.05, 3.63) is 41.4 Å². The average molecular weight is 254 g/mol. The fourth-order valence-electron chi connectivity index (χ4n) is 1.69. The minimum atomic E-state index is -0.479. The summed E-state index contributed by atoms with van der Waals surface area (Å²) in [5.41, 5.74) is 1.85. The SMILES string of the molecule is C=CCCCN(C)c1ccc([C@@H](C)O)cc1Cl. The molecule has 0 fully saturated rings. The summed E-state index contributed by atoms with van der Waals surface area (Å²) in [6, 6.07) is 5.69. The van der Waals surface area contributed by atoms with Crippen molar-refractivity contribution >= 4 is 17.3 Å². The molecule has 0 bridgehead atoms. The first-order valence-corrected chi connectivity index (χ1v) is 6.23. The Morgan fingerprint density at radius 2 is 2.24 bits per heavy atom. The number of halogens is 1. The van der Waals surface area contributed by atoms with E-state index in [0.29, 0.717) is 5.02 Å². The number of aliphatic hydroxyl groups excluding tert-OH is 1. The highest BCUT2D eigenvalue weighted by Crippen LogP contribution is 2.28. The van der Waals surface area contributed by atoms with Crippen LogP contribution in [-0.4, -0.2) is 18.7 Å². The van der Waals surface area contributed by atoms with Gasteiger partial charge in [-0.2, -0.15) is 0 Å². The van der Waals surface area contributed by atoms with Gasteiger partial charge >= 0.3 is 0 Å². The first-order chi connectivity index (χ1) is 8.06. The van der Waals surface area contributed by atoms with Crippen molar-refractivity contribution < 1.29 is 5.11 Å². The second-order valence-electron chi connectivity index (χ2n) is 4.24. The van der Waals surface area contributed by atoms with Crippen LogP contribution >= 0.6 is 11.6 Å². The van der Waals surface area contributed by atoms with E-state index >= 15 is 0 Å². The summed E-state index contributed by atoms with van der Waals surface area (Å²) >= 11 is 6.21. The molecule has 0 aromatic heterocycles. The van der Waals surface area contributed by atoms with Gasteiger partial charge in [0.05, 0.1) is 16.8 Å². The third-order valence-corrected chi connectivity index (χ3v) is 3.07. The standard InChI is InChI=1S/C14H20ClNO/c1-4-5-6-9-16(3)14-8-7-12(11(2)17)10-13(14)15/h4,7-8,10-11,17H,1,5-6,9H2,2-3H3/t11-/m1/s1. The van der Waals surface area contributed by atoms with E-state index in [1.54, 1.807) is 6.92 Å². The Morgan fingerprint density at radius 1 is 1.53 bits per heavy atom. The van der Waals surface area contributed by atoms with E-state index in [-0.39, 0.29) is 0 Å². The predicted octanol–water partition coefficient (Wildman–Crippen LogP) is 3.80. The van der Waals surface area contributed by atoms with Crippen LogP contribution in [0.3, 0.4) is 0 Å². The van der Waals surface area contributed by atoms with Crippen LogP contribution < -0.4 is 4.90 Å². The minimum Gasteiger partial charge on any atom is -0.389 e. The van der Waals surface area contributed by atoms with Crippen LogP contribution in [0, 0.1) is 0 Å². The number of hydrogen-bond acceptors (Lipinski definition) is 2. The fraction of sp³-hybridized carbons (Fsp3) is 0.429. The lowest BCUT2D eigenvalue weighted by molar-refractivity contribution is 0.199. The van der Waals surface area contributed by atoms with Crippen molar-refractivity contribution in [1.82, 2.24) is 0 Å². The van der Waals surface area contributed by atoms with Gasteiger partial charge < -0.3 is 10.0 Å². The molecule has 0 heterocycles. The number of nitrogens with zero attached hydrogens (tertiary/aromatic N) is 1.